The van der Waals surface area contributed by atoms with Gasteiger partial charge in [0.2, 0.25) is 0 Å². The molecule has 0 aliphatic rings. The molecule has 0 atom stereocenters. The molecule has 3 aromatic carbocycles. The van der Waals surface area contributed by atoms with E-state index in [2.05, 4.69) is 36.9 Å². The number of hydrogen-bond donors (Lipinski definition) is 0. The van der Waals surface area contributed by atoms with Crippen LogP contribution in [0.25, 0.3) is 0 Å². The molecule has 3 aromatic rings. The highest BCUT2D eigenvalue weighted by Gasteiger charge is 2.29. The molecule has 3 heteroatoms. The summed E-state index contributed by atoms with van der Waals surface area (Å²) in [4.78, 5) is 15.7. The average molecular weight is 347 g/mol. The fourth-order valence-electron chi connectivity index (χ4n) is 2.49. The molecule has 25 heavy (non-hydrogen) atoms. The Morgan fingerprint density at radius 3 is 1.96 bits per heavy atom. The maximum atomic E-state index is 12.2. The fraction of sp³-hybridized carbons (Fsp3) is 0.0455. The maximum absolute atomic E-state index is 12.2. The van der Waals surface area contributed by atoms with Gasteiger partial charge in [-0.3, -0.25) is 0 Å². The third-order valence-corrected chi connectivity index (χ3v) is 5.81. The summed E-state index contributed by atoms with van der Waals surface area (Å²) in [5, 5.41) is 0. The number of ether oxygens (including phenoxy) is 1. The maximum Gasteiger partial charge on any atom is 0.338 e. The van der Waals surface area contributed by atoms with Crippen LogP contribution >= 0.6 is 0 Å². The minimum atomic E-state index is -0.327. The van der Waals surface area contributed by atoms with Gasteiger partial charge in [-0.15, -0.1) is 0 Å². The summed E-state index contributed by atoms with van der Waals surface area (Å²) in [6, 6.07) is 28.4. The van der Waals surface area contributed by atoms with Crippen molar-refractivity contribution in [3.05, 3.63) is 103 Å². The lowest BCUT2D eigenvalue weighted by Crippen LogP contribution is -2.08. The highest BCUT2D eigenvalue weighted by Crippen LogP contribution is 2.31. The zero-order valence-corrected chi connectivity index (χ0v) is 14.6. The van der Waals surface area contributed by atoms with E-state index >= 15 is 0 Å². The molecule has 0 amide bonds. The van der Waals surface area contributed by atoms with Gasteiger partial charge in [-0.2, -0.15) is 0 Å². The molecule has 0 saturated heterocycles. The molecule has 0 heterocycles. The van der Waals surface area contributed by atoms with Crippen molar-refractivity contribution in [2.75, 3.05) is 6.61 Å². The topological polar surface area (TPSA) is 26.3 Å². The van der Waals surface area contributed by atoms with Gasteiger partial charge in [-0.1, -0.05) is 55.1 Å². The largest absolute Gasteiger partial charge is 0.458 e. The minimum absolute atomic E-state index is 0.214. The van der Waals surface area contributed by atoms with Crippen LogP contribution < -0.4 is 0 Å². The van der Waals surface area contributed by atoms with Crippen LogP contribution in [0.15, 0.2) is 112 Å². The molecule has 0 fully saturated rings. The Kier molecular flexibility index (Phi) is 5.70. The molecule has 0 aromatic heterocycles. The van der Waals surface area contributed by atoms with Crippen LogP contribution in [-0.2, 0) is 15.6 Å². The number of hydrogen-bond acceptors (Lipinski definition) is 2. The Morgan fingerprint density at radius 1 is 0.840 bits per heavy atom. The van der Waals surface area contributed by atoms with Crippen LogP contribution in [0.5, 0.6) is 0 Å². The van der Waals surface area contributed by atoms with Gasteiger partial charge >= 0.3 is 5.97 Å². The quantitative estimate of drug-likeness (QED) is 0.351. The monoisotopic (exact) mass is 347 g/mol. The Labute approximate surface area is 151 Å². The van der Waals surface area contributed by atoms with Gasteiger partial charge in [0.25, 0.3) is 0 Å². The molecule has 0 bridgehead atoms. The van der Waals surface area contributed by atoms with Crippen molar-refractivity contribution < 1.29 is 9.53 Å². The van der Waals surface area contributed by atoms with E-state index in [1.54, 1.807) is 12.1 Å². The van der Waals surface area contributed by atoms with Crippen molar-refractivity contribution in [3.63, 3.8) is 0 Å². The first-order valence-electron chi connectivity index (χ1n) is 8.02. The second kappa shape index (κ2) is 8.36. The van der Waals surface area contributed by atoms with Gasteiger partial charge in [-0.25, -0.2) is 4.79 Å². The van der Waals surface area contributed by atoms with E-state index in [1.165, 1.54) is 9.79 Å². The van der Waals surface area contributed by atoms with Crippen molar-refractivity contribution in [1.29, 1.82) is 0 Å². The Morgan fingerprint density at radius 2 is 1.40 bits per heavy atom. The number of esters is 1. The van der Waals surface area contributed by atoms with Crippen LogP contribution in [0.4, 0.5) is 0 Å². The van der Waals surface area contributed by atoms with E-state index in [4.69, 9.17) is 4.74 Å². The molecule has 3 rings (SSSR count). The first-order chi connectivity index (χ1) is 12.3. The van der Waals surface area contributed by atoms with Gasteiger partial charge in [0, 0.05) is 6.07 Å². The first kappa shape index (κ1) is 17.1. The molecule has 0 radical (unpaired) electrons. The minimum Gasteiger partial charge on any atom is -0.458 e. The summed E-state index contributed by atoms with van der Waals surface area (Å²) in [5.74, 6) is -0.327. The van der Waals surface area contributed by atoms with Crippen molar-refractivity contribution in [3.8, 4) is 0 Å². The lowest BCUT2D eigenvalue weighted by atomic mass is 10.2. The molecule has 0 spiro atoms. The lowest BCUT2D eigenvalue weighted by molar-refractivity contribution is 0.0549. The number of carbonyl (C=O) groups excluding carboxylic acids is 1. The van der Waals surface area contributed by atoms with Crippen molar-refractivity contribution in [2.24, 2.45) is 0 Å². The predicted octanol–water partition coefficient (Wildman–Crippen LogP) is 5.12. The number of benzene rings is 3. The van der Waals surface area contributed by atoms with E-state index in [-0.39, 0.29) is 23.5 Å². The molecule has 0 aliphatic heterocycles. The molecule has 2 nitrogen and oxygen atoms in total. The molecule has 0 aliphatic carbocycles. The lowest BCUT2D eigenvalue weighted by Gasteiger charge is -2.09. The summed E-state index contributed by atoms with van der Waals surface area (Å²) in [6.07, 6.45) is 1.57. The normalized spacial score (nSPS) is 10.4. The van der Waals surface area contributed by atoms with Crippen molar-refractivity contribution in [2.45, 2.75) is 14.7 Å². The molecular formula is C22H19O2S+. The summed E-state index contributed by atoms with van der Waals surface area (Å²) in [6.45, 7) is 3.79. The number of rotatable bonds is 6. The third kappa shape index (κ3) is 4.20. The molecule has 0 N–H and O–H groups in total. The Bertz CT molecular complexity index is 805. The first-order valence-corrected chi connectivity index (χ1v) is 9.24. The zero-order chi connectivity index (χ0) is 17.5. The van der Waals surface area contributed by atoms with E-state index in [0.717, 1.165) is 4.90 Å². The van der Waals surface area contributed by atoms with Gasteiger partial charge < -0.3 is 4.74 Å². The van der Waals surface area contributed by atoms with Crippen molar-refractivity contribution >= 4 is 16.9 Å². The fourth-order valence-corrected chi connectivity index (χ4v) is 4.62. The highest BCUT2D eigenvalue weighted by atomic mass is 32.2. The van der Waals surface area contributed by atoms with E-state index < -0.39 is 0 Å². The van der Waals surface area contributed by atoms with Crippen LogP contribution in [0, 0.1) is 0 Å². The highest BCUT2D eigenvalue weighted by molar-refractivity contribution is 7.97. The molecular weight excluding hydrogens is 328 g/mol. The number of carbonyl (C=O) groups is 1. The SMILES string of the molecule is C=CCOC(=O)c1cccc([S+](c2ccccc2)c2ccccc2)c1. The standard InChI is InChI=1S/C22H19O2S/c1-2-16-24-22(23)18-10-9-15-21(17-18)25(19-11-5-3-6-12-19)20-13-7-4-8-14-20/h2-15,17H,1,16H2/q+1. The second-order valence-electron chi connectivity index (χ2n) is 5.35. The zero-order valence-electron chi connectivity index (χ0n) is 13.8. The van der Waals surface area contributed by atoms with Crippen molar-refractivity contribution in [1.82, 2.24) is 0 Å². The van der Waals surface area contributed by atoms with Gasteiger partial charge in [0.1, 0.15) is 6.61 Å². The molecule has 0 saturated carbocycles. The van der Waals surface area contributed by atoms with E-state index in [9.17, 15) is 4.79 Å². The van der Waals surface area contributed by atoms with Gasteiger partial charge in [-0.05, 0) is 36.4 Å². The molecule has 0 unspecified atom stereocenters. The smallest absolute Gasteiger partial charge is 0.338 e. The van der Waals surface area contributed by atoms with Gasteiger partial charge in [0.05, 0.1) is 16.5 Å². The summed E-state index contributed by atoms with van der Waals surface area (Å²) < 4.78 is 5.17. The van der Waals surface area contributed by atoms with E-state index in [0.29, 0.717) is 5.56 Å². The predicted molar refractivity (Wildman–Crippen MR) is 102 cm³/mol. The van der Waals surface area contributed by atoms with Crippen LogP contribution in [0.3, 0.4) is 0 Å². The van der Waals surface area contributed by atoms with Crippen LogP contribution in [0.2, 0.25) is 0 Å². The van der Waals surface area contributed by atoms with E-state index in [1.807, 2.05) is 48.5 Å². The van der Waals surface area contributed by atoms with Crippen LogP contribution in [0.1, 0.15) is 10.4 Å². The summed E-state index contributed by atoms with van der Waals surface area (Å²) in [5.41, 5.74) is 0.559. The summed E-state index contributed by atoms with van der Waals surface area (Å²) in [7, 11) is -0.275. The third-order valence-electron chi connectivity index (χ3n) is 3.60. The second-order valence-corrected chi connectivity index (χ2v) is 7.37. The average Bonchev–Trinajstić information content (AvgIpc) is 2.68. The van der Waals surface area contributed by atoms with Gasteiger partial charge in [0.15, 0.2) is 14.7 Å². The Balaban J connectivity index is 2.02. The van der Waals surface area contributed by atoms with Crippen LogP contribution in [-0.4, -0.2) is 12.6 Å². The summed E-state index contributed by atoms with van der Waals surface area (Å²) >= 11 is 0. The molecule has 124 valence electrons. The Hall–Kier alpha value is -2.78.